The molecule has 0 atom stereocenters. The van der Waals surface area contributed by atoms with Crippen LogP contribution in [0.15, 0.2) is 12.7 Å². The zero-order valence-corrected chi connectivity index (χ0v) is 10.7. The minimum Gasteiger partial charge on any atom is -0.394 e. The average Bonchev–Trinajstić information content (AvgIpc) is 2.85. The Morgan fingerprint density at radius 3 is 2.83 bits per heavy atom. The van der Waals surface area contributed by atoms with Crippen LogP contribution in [0.3, 0.4) is 0 Å². The SMILES string of the molecule is CC1CCC(CO)(NC(=O)Cn2cncn2)CC1. The van der Waals surface area contributed by atoms with Gasteiger partial charge in [-0.25, -0.2) is 9.67 Å². The maximum absolute atomic E-state index is 11.9. The smallest absolute Gasteiger partial charge is 0.242 e. The molecule has 1 aliphatic rings. The summed E-state index contributed by atoms with van der Waals surface area (Å²) in [6.07, 6.45) is 6.68. The normalized spacial score (nSPS) is 28.0. The molecule has 1 saturated carbocycles. The summed E-state index contributed by atoms with van der Waals surface area (Å²) < 4.78 is 1.48. The maximum atomic E-state index is 11.9. The van der Waals surface area contributed by atoms with Gasteiger partial charge in [-0.2, -0.15) is 5.10 Å². The zero-order valence-electron chi connectivity index (χ0n) is 10.7. The quantitative estimate of drug-likeness (QED) is 0.809. The van der Waals surface area contributed by atoms with Crippen molar-refractivity contribution in [1.29, 1.82) is 0 Å². The highest BCUT2D eigenvalue weighted by molar-refractivity contribution is 5.76. The highest BCUT2D eigenvalue weighted by Crippen LogP contribution is 2.31. The van der Waals surface area contributed by atoms with E-state index in [1.54, 1.807) is 0 Å². The summed E-state index contributed by atoms with van der Waals surface area (Å²) >= 11 is 0. The summed E-state index contributed by atoms with van der Waals surface area (Å²) in [5.41, 5.74) is -0.440. The molecule has 2 rings (SSSR count). The van der Waals surface area contributed by atoms with Gasteiger partial charge in [-0.05, 0) is 31.6 Å². The van der Waals surface area contributed by atoms with Crippen molar-refractivity contribution in [1.82, 2.24) is 20.1 Å². The lowest BCUT2D eigenvalue weighted by Crippen LogP contribution is -2.54. The molecule has 1 heterocycles. The maximum Gasteiger partial charge on any atom is 0.242 e. The van der Waals surface area contributed by atoms with Crippen LogP contribution in [0.1, 0.15) is 32.6 Å². The minimum absolute atomic E-state index is 0.00279. The minimum atomic E-state index is -0.440. The highest BCUT2D eigenvalue weighted by Gasteiger charge is 2.34. The van der Waals surface area contributed by atoms with Crippen LogP contribution in [0.25, 0.3) is 0 Å². The molecule has 1 aromatic rings. The van der Waals surface area contributed by atoms with E-state index >= 15 is 0 Å². The number of aromatic nitrogens is 3. The lowest BCUT2D eigenvalue weighted by atomic mass is 9.77. The Balaban J connectivity index is 1.91. The van der Waals surface area contributed by atoms with Crippen molar-refractivity contribution in [2.24, 2.45) is 5.92 Å². The standard InChI is InChI=1S/C12H20N4O2/c1-10-2-4-12(7-17,5-3-10)15-11(18)6-16-9-13-8-14-16/h8-10,17H,2-7H2,1H3,(H,15,18). The van der Waals surface area contributed by atoms with E-state index in [4.69, 9.17) is 0 Å². The van der Waals surface area contributed by atoms with Gasteiger partial charge in [-0.15, -0.1) is 0 Å². The fourth-order valence-corrected chi connectivity index (χ4v) is 2.43. The van der Waals surface area contributed by atoms with Crippen LogP contribution in [0, 0.1) is 5.92 Å². The number of aliphatic hydroxyl groups is 1. The zero-order chi connectivity index (χ0) is 13.0. The Bertz CT molecular complexity index is 383. The first kappa shape index (κ1) is 13.0. The summed E-state index contributed by atoms with van der Waals surface area (Å²) in [5, 5.41) is 16.4. The van der Waals surface area contributed by atoms with Crippen molar-refractivity contribution < 1.29 is 9.90 Å². The number of hydrogen-bond acceptors (Lipinski definition) is 4. The van der Waals surface area contributed by atoms with Gasteiger partial charge in [0.2, 0.25) is 5.91 Å². The number of carbonyl (C=O) groups is 1. The molecule has 1 aliphatic carbocycles. The fraction of sp³-hybridized carbons (Fsp3) is 0.750. The second kappa shape index (κ2) is 5.48. The largest absolute Gasteiger partial charge is 0.394 e. The lowest BCUT2D eigenvalue weighted by molar-refractivity contribution is -0.125. The number of amides is 1. The molecule has 1 amide bonds. The van der Waals surface area contributed by atoms with Crippen LogP contribution in [0.2, 0.25) is 0 Å². The molecule has 1 fully saturated rings. The van der Waals surface area contributed by atoms with Gasteiger partial charge in [0.25, 0.3) is 0 Å². The van der Waals surface area contributed by atoms with Crippen LogP contribution in [-0.2, 0) is 11.3 Å². The number of nitrogens with zero attached hydrogens (tertiary/aromatic N) is 3. The number of aliphatic hydroxyl groups excluding tert-OH is 1. The summed E-state index contributed by atoms with van der Waals surface area (Å²) in [6, 6.07) is 0. The Morgan fingerprint density at radius 1 is 1.56 bits per heavy atom. The Kier molecular flexibility index (Phi) is 3.96. The highest BCUT2D eigenvalue weighted by atomic mass is 16.3. The summed E-state index contributed by atoms with van der Waals surface area (Å²) in [6.45, 7) is 2.36. The van der Waals surface area contributed by atoms with Gasteiger partial charge < -0.3 is 10.4 Å². The van der Waals surface area contributed by atoms with Crippen molar-refractivity contribution in [3.05, 3.63) is 12.7 Å². The van der Waals surface area contributed by atoms with Crippen molar-refractivity contribution in [2.45, 2.75) is 44.7 Å². The van der Waals surface area contributed by atoms with E-state index in [1.807, 2.05) is 0 Å². The molecule has 0 saturated heterocycles. The van der Waals surface area contributed by atoms with Gasteiger partial charge in [0, 0.05) is 0 Å². The van der Waals surface area contributed by atoms with Crippen molar-refractivity contribution in [3.8, 4) is 0 Å². The van der Waals surface area contributed by atoms with Crippen LogP contribution in [0.5, 0.6) is 0 Å². The molecular weight excluding hydrogens is 232 g/mol. The number of hydrogen-bond donors (Lipinski definition) is 2. The predicted octanol–water partition coefficient (Wildman–Crippen LogP) is 0.335. The van der Waals surface area contributed by atoms with E-state index in [2.05, 4.69) is 22.3 Å². The molecule has 6 heteroatoms. The first-order chi connectivity index (χ1) is 8.63. The molecule has 0 aliphatic heterocycles. The fourth-order valence-electron chi connectivity index (χ4n) is 2.43. The summed E-state index contributed by atoms with van der Waals surface area (Å²) in [5.74, 6) is 0.556. The van der Waals surface area contributed by atoms with E-state index < -0.39 is 5.54 Å². The Labute approximate surface area is 106 Å². The third-order valence-corrected chi connectivity index (χ3v) is 3.71. The van der Waals surface area contributed by atoms with E-state index in [0.717, 1.165) is 25.7 Å². The molecule has 0 radical (unpaired) electrons. The first-order valence-corrected chi connectivity index (χ1v) is 6.38. The Morgan fingerprint density at radius 2 is 2.28 bits per heavy atom. The van der Waals surface area contributed by atoms with Gasteiger partial charge in [0.15, 0.2) is 0 Å². The van der Waals surface area contributed by atoms with Gasteiger partial charge >= 0.3 is 0 Å². The van der Waals surface area contributed by atoms with E-state index in [1.165, 1.54) is 17.3 Å². The predicted molar refractivity (Wildman–Crippen MR) is 65.6 cm³/mol. The van der Waals surface area contributed by atoms with Crippen LogP contribution in [0.4, 0.5) is 0 Å². The second-order valence-electron chi connectivity index (χ2n) is 5.26. The molecule has 0 aromatic carbocycles. The number of rotatable bonds is 4. The molecule has 100 valence electrons. The van der Waals surface area contributed by atoms with Crippen LogP contribution < -0.4 is 5.32 Å². The van der Waals surface area contributed by atoms with Crippen molar-refractivity contribution in [3.63, 3.8) is 0 Å². The van der Waals surface area contributed by atoms with Crippen molar-refractivity contribution in [2.75, 3.05) is 6.61 Å². The Hall–Kier alpha value is -1.43. The van der Waals surface area contributed by atoms with Gasteiger partial charge in [0.1, 0.15) is 19.2 Å². The second-order valence-corrected chi connectivity index (χ2v) is 5.26. The monoisotopic (exact) mass is 252 g/mol. The molecule has 0 unspecified atom stereocenters. The van der Waals surface area contributed by atoms with Gasteiger partial charge in [-0.3, -0.25) is 4.79 Å². The topological polar surface area (TPSA) is 80.0 Å². The van der Waals surface area contributed by atoms with E-state index in [-0.39, 0.29) is 19.1 Å². The molecule has 2 N–H and O–H groups in total. The molecule has 1 aromatic heterocycles. The molecule has 6 nitrogen and oxygen atoms in total. The molecule has 0 bridgehead atoms. The summed E-state index contributed by atoms with van der Waals surface area (Å²) in [7, 11) is 0. The molecular formula is C12H20N4O2. The summed E-state index contributed by atoms with van der Waals surface area (Å²) in [4.78, 5) is 15.7. The van der Waals surface area contributed by atoms with Crippen LogP contribution in [-0.4, -0.2) is 37.9 Å². The third-order valence-electron chi connectivity index (χ3n) is 3.71. The average molecular weight is 252 g/mol. The van der Waals surface area contributed by atoms with Gasteiger partial charge in [-0.1, -0.05) is 6.92 Å². The third kappa shape index (κ3) is 3.07. The van der Waals surface area contributed by atoms with E-state index in [9.17, 15) is 9.90 Å². The van der Waals surface area contributed by atoms with Crippen LogP contribution >= 0.6 is 0 Å². The number of nitrogens with one attached hydrogen (secondary N) is 1. The lowest BCUT2D eigenvalue weighted by Gasteiger charge is -2.38. The molecule has 0 spiro atoms. The number of carbonyl (C=O) groups excluding carboxylic acids is 1. The first-order valence-electron chi connectivity index (χ1n) is 6.38. The molecule has 18 heavy (non-hydrogen) atoms. The van der Waals surface area contributed by atoms with Crippen molar-refractivity contribution >= 4 is 5.91 Å². The van der Waals surface area contributed by atoms with Gasteiger partial charge in [0.05, 0.1) is 12.1 Å². The van der Waals surface area contributed by atoms with E-state index in [0.29, 0.717) is 5.92 Å².